The van der Waals surface area contributed by atoms with Gasteiger partial charge in [0, 0.05) is 13.0 Å². The molecule has 0 radical (unpaired) electrons. The fraction of sp³-hybridized carbons (Fsp3) is 0.533. The number of aryl methyl sites for hydroxylation is 1. The summed E-state index contributed by atoms with van der Waals surface area (Å²) in [5, 5.41) is 6.69. The van der Waals surface area contributed by atoms with E-state index in [2.05, 4.69) is 34.7 Å². The van der Waals surface area contributed by atoms with Crippen LogP contribution in [0.4, 0.5) is 0 Å². The fourth-order valence-corrected chi connectivity index (χ4v) is 2.68. The number of aromatic nitrogens is 1. The van der Waals surface area contributed by atoms with Crippen LogP contribution in [0.25, 0.3) is 11.1 Å². The van der Waals surface area contributed by atoms with Gasteiger partial charge in [0.15, 0.2) is 11.5 Å². The molecule has 4 heteroatoms. The first-order valence-electron chi connectivity index (χ1n) is 6.88. The number of hydrogen-bond donors (Lipinski definition) is 2. The van der Waals surface area contributed by atoms with Crippen molar-refractivity contribution < 1.29 is 4.42 Å². The van der Waals surface area contributed by atoms with Gasteiger partial charge >= 0.3 is 0 Å². The van der Waals surface area contributed by atoms with Crippen molar-refractivity contribution in [3.05, 3.63) is 29.7 Å². The minimum Gasteiger partial charge on any atom is -0.441 e. The first kappa shape index (κ1) is 14.0. The van der Waals surface area contributed by atoms with E-state index >= 15 is 0 Å². The van der Waals surface area contributed by atoms with Crippen LogP contribution in [-0.2, 0) is 0 Å². The van der Waals surface area contributed by atoms with Crippen molar-refractivity contribution >= 4 is 11.1 Å². The van der Waals surface area contributed by atoms with Gasteiger partial charge in [-0.2, -0.15) is 0 Å². The molecule has 1 heterocycles. The van der Waals surface area contributed by atoms with E-state index in [0.717, 1.165) is 30.0 Å². The topological polar surface area (TPSA) is 50.1 Å². The van der Waals surface area contributed by atoms with E-state index in [1.807, 2.05) is 27.1 Å². The van der Waals surface area contributed by atoms with E-state index in [1.54, 1.807) is 0 Å². The molecule has 0 saturated heterocycles. The predicted octanol–water partition coefficient (Wildman–Crippen LogP) is 2.64. The maximum absolute atomic E-state index is 5.62. The summed E-state index contributed by atoms with van der Waals surface area (Å²) in [6.07, 6.45) is 1.12. The Hall–Kier alpha value is -1.39. The third kappa shape index (κ3) is 2.96. The van der Waals surface area contributed by atoms with E-state index in [9.17, 15) is 0 Å². The van der Waals surface area contributed by atoms with Crippen LogP contribution in [0, 0.1) is 12.8 Å². The van der Waals surface area contributed by atoms with Crippen molar-refractivity contribution in [2.24, 2.45) is 5.92 Å². The molecule has 0 amide bonds. The van der Waals surface area contributed by atoms with Crippen LogP contribution in [0.2, 0.25) is 0 Å². The third-order valence-corrected chi connectivity index (χ3v) is 3.65. The summed E-state index contributed by atoms with van der Waals surface area (Å²) in [6, 6.07) is 6.61. The summed E-state index contributed by atoms with van der Waals surface area (Å²) in [4.78, 5) is 4.34. The summed E-state index contributed by atoms with van der Waals surface area (Å²) >= 11 is 0. The molecule has 0 saturated carbocycles. The zero-order valence-corrected chi connectivity index (χ0v) is 12.2. The van der Waals surface area contributed by atoms with Gasteiger partial charge in [-0.15, -0.1) is 0 Å². The summed E-state index contributed by atoms with van der Waals surface area (Å²) in [7, 11) is 4.01. The van der Waals surface area contributed by atoms with E-state index in [0.29, 0.717) is 12.0 Å². The molecule has 2 unspecified atom stereocenters. The summed E-state index contributed by atoms with van der Waals surface area (Å²) in [5.74, 6) is 1.27. The van der Waals surface area contributed by atoms with E-state index in [-0.39, 0.29) is 0 Å². The van der Waals surface area contributed by atoms with E-state index < -0.39 is 0 Å². The zero-order valence-electron chi connectivity index (χ0n) is 12.2. The van der Waals surface area contributed by atoms with Crippen LogP contribution in [0.5, 0.6) is 0 Å². The van der Waals surface area contributed by atoms with E-state index in [1.165, 1.54) is 5.56 Å². The van der Waals surface area contributed by atoms with Crippen LogP contribution >= 0.6 is 0 Å². The molecule has 2 N–H and O–H groups in total. The number of oxazole rings is 1. The lowest BCUT2D eigenvalue weighted by Crippen LogP contribution is -2.31. The number of fused-ring (bicyclic) bond motifs is 1. The number of hydrogen-bond acceptors (Lipinski definition) is 4. The number of nitrogens with zero attached hydrogens (tertiary/aromatic N) is 1. The largest absolute Gasteiger partial charge is 0.441 e. The highest BCUT2D eigenvalue weighted by atomic mass is 16.3. The van der Waals surface area contributed by atoms with Crippen LogP contribution in [-0.4, -0.2) is 25.6 Å². The van der Waals surface area contributed by atoms with Gasteiger partial charge < -0.3 is 15.1 Å². The molecule has 0 aliphatic heterocycles. The molecule has 0 aliphatic rings. The van der Waals surface area contributed by atoms with Gasteiger partial charge in [-0.05, 0) is 44.3 Å². The highest BCUT2D eigenvalue weighted by Gasteiger charge is 2.20. The Labute approximate surface area is 114 Å². The quantitative estimate of drug-likeness (QED) is 0.839. The third-order valence-electron chi connectivity index (χ3n) is 3.65. The van der Waals surface area contributed by atoms with E-state index in [4.69, 9.17) is 4.42 Å². The molecule has 4 nitrogen and oxygen atoms in total. The number of rotatable bonds is 6. The van der Waals surface area contributed by atoms with Crippen LogP contribution < -0.4 is 10.6 Å². The average molecular weight is 261 g/mol. The first-order valence-corrected chi connectivity index (χ1v) is 6.88. The lowest BCUT2D eigenvalue weighted by atomic mass is 9.90. The van der Waals surface area contributed by atoms with Gasteiger partial charge in [-0.3, -0.25) is 0 Å². The summed E-state index contributed by atoms with van der Waals surface area (Å²) in [5.41, 5.74) is 3.06. The molecule has 2 aromatic rings. The summed E-state index contributed by atoms with van der Waals surface area (Å²) < 4.78 is 5.62. The van der Waals surface area contributed by atoms with Crippen molar-refractivity contribution in [2.75, 3.05) is 20.6 Å². The second kappa shape index (κ2) is 6.17. The molecule has 0 fully saturated rings. The zero-order chi connectivity index (χ0) is 13.8. The van der Waals surface area contributed by atoms with Gasteiger partial charge in [0.05, 0.1) is 0 Å². The lowest BCUT2D eigenvalue weighted by molar-refractivity contribution is 0.359. The second-order valence-electron chi connectivity index (χ2n) is 4.95. The fourth-order valence-electron chi connectivity index (χ4n) is 2.68. The Balaban J connectivity index is 2.33. The molecule has 2 atom stereocenters. The maximum Gasteiger partial charge on any atom is 0.192 e. The average Bonchev–Trinajstić information content (AvgIpc) is 2.77. The van der Waals surface area contributed by atoms with Crippen LogP contribution in [0.1, 0.15) is 30.8 Å². The molecule has 0 spiro atoms. The Kier molecular flexibility index (Phi) is 4.56. The number of benzene rings is 1. The number of nitrogens with one attached hydrogen (secondary N) is 2. The second-order valence-corrected chi connectivity index (χ2v) is 4.95. The highest BCUT2D eigenvalue weighted by Crippen LogP contribution is 2.27. The van der Waals surface area contributed by atoms with Gasteiger partial charge in [0.1, 0.15) is 5.52 Å². The maximum atomic E-state index is 5.62. The highest BCUT2D eigenvalue weighted by molar-refractivity contribution is 5.73. The molecular weight excluding hydrogens is 238 g/mol. The predicted molar refractivity (Wildman–Crippen MR) is 78.3 cm³/mol. The Morgan fingerprint density at radius 2 is 2.11 bits per heavy atom. The van der Waals surface area contributed by atoms with Gasteiger partial charge in [0.2, 0.25) is 0 Å². The van der Waals surface area contributed by atoms with Gasteiger partial charge in [-0.25, -0.2) is 4.98 Å². The first-order chi connectivity index (χ1) is 9.19. The standard InChI is InChI=1S/C15H23N3O/c1-5-11(9-16-3)15(17-4)12-6-7-13-14(8-12)19-10(2)18-13/h6-8,11,15-17H,5,9H2,1-4H3. The molecule has 19 heavy (non-hydrogen) atoms. The lowest BCUT2D eigenvalue weighted by Gasteiger charge is -2.26. The van der Waals surface area contributed by atoms with Crippen molar-refractivity contribution in [2.45, 2.75) is 26.3 Å². The van der Waals surface area contributed by atoms with Crippen LogP contribution in [0.15, 0.2) is 22.6 Å². The Bertz CT molecular complexity index is 535. The molecule has 1 aromatic carbocycles. The molecular formula is C15H23N3O. The minimum atomic E-state index is 0.326. The SMILES string of the molecule is CCC(CNC)C(NC)c1ccc2nc(C)oc2c1. The molecule has 0 bridgehead atoms. The van der Waals surface area contributed by atoms with Crippen LogP contribution in [0.3, 0.4) is 0 Å². The van der Waals surface area contributed by atoms with Crippen molar-refractivity contribution in [3.63, 3.8) is 0 Å². The normalized spacial score (nSPS) is 14.7. The molecule has 0 aliphatic carbocycles. The minimum absolute atomic E-state index is 0.326. The molecule has 1 aromatic heterocycles. The van der Waals surface area contributed by atoms with Gasteiger partial charge in [-0.1, -0.05) is 19.4 Å². The monoisotopic (exact) mass is 261 g/mol. The van der Waals surface area contributed by atoms with Crippen molar-refractivity contribution in [1.29, 1.82) is 0 Å². The smallest absolute Gasteiger partial charge is 0.192 e. The Morgan fingerprint density at radius 1 is 1.32 bits per heavy atom. The Morgan fingerprint density at radius 3 is 2.74 bits per heavy atom. The molecule has 2 rings (SSSR count). The van der Waals surface area contributed by atoms with Crippen molar-refractivity contribution in [1.82, 2.24) is 15.6 Å². The summed E-state index contributed by atoms with van der Waals surface area (Å²) in [6.45, 7) is 5.10. The van der Waals surface area contributed by atoms with Gasteiger partial charge in [0.25, 0.3) is 0 Å². The van der Waals surface area contributed by atoms with Crippen molar-refractivity contribution in [3.8, 4) is 0 Å². The molecule has 104 valence electrons.